The van der Waals surface area contributed by atoms with Crippen LogP contribution in [0.2, 0.25) is 0 Å². The van der Waals surface area contributed by atoms with E-state index in [-0.39, 0.29) is 47.2 Å². The van der Waals surface area contributed by atoms with Crippen molar-refractivity contribution in [2.75, 3.05) is 0 Å². The number of amides is 2. The molecule has 0 radical (unpaired) electrons. The maximum absolute atomic E-state index is 13.3. The van der Waals surface area contributed by atoms with Gasteiger partial charge < -0.3 is 20.8 Å². The first-order valence-corrected chi connectivity index (χ1v) is 17.7. The average molecular weight is 723 g/mol. The van der Waals surface area contributed by atoms with Gasteiger partial charge in [-0.15, -0.1) is 30.0 Å². The van der Waals surface area contributed by atoms with Crippen LogP contribution in [-0.2, 0) is 23.9 Å². The normalized spacial score (nSPS) is 12.0. The molecule has 7 aromatic rings. The smallest absolute Gasteiger partial charge is 0.251 e. The monoisotopic (exact) mass is 722 g/mol. The molecule has 274 valence electrons. The SMILES string of the molecule is CC(C)(C)c1cc(CNC(=O)c2ccc(C(=O)NCc3cc(C(C)(C)C)cc(-n4nc5ccccc5n4)c3O)cc2)c(O)c(-n2nc3ccccc3n2)c1. The van der Waals surface area contributed by atoms with Crippen LogP contribution in [0, 0.1) is 0 Å². The number of aromatic nitrogens is 6. The molecule has 12 heteroatoms. The Morgan fingerprint density at radius 2 is 0.852 bits per heavy atom. The van der Waals surface area contributed by atoms with Crippen molar-refractivity contribution < 1.29 is 19.8 Å². The molecule has 0 saturated carbocycles. The van der Waals surface area contributed by atoms with Crippen LogP contribution in [-0.4, -0.2) is 52.0 Å². The lowest BCUT2D eigenvalue weighted by Crippen LogP contribution is -2.25. The van der Waals surface area contributed by atoms with E-state index in [4.69, 9.17) is 0 Å². The molecule has 0 fully saturated rings. The van der Waals surface area contributed by atoms with Gasteiger partial charge in [0.1, 0.15) is 44.9 Å². The molecule has 0 saturated heterocycles. The molecule has 0 bridgehead atoms. The van der Waals surface area contributed by atoms with Crippen LogP contribution in [0.1, 0.15) is 84.5 Å². The standard InChI is InChI=1S/C42H42N8O4/c1-41(2,3)29-19-27(37(51)35(21-29)49-45-31-11-7-8-12-32(31)46-49)23-43-39(53)25-15-17-26(18-16-25)40(54)44-24-28-20-30(42(4,5)6)22-36(38(28)52)50-47-33-13-9-10-14-34(33)48-50/h7-22,51-52H,23-24H2,1-6H3,(H,43,53)(H,44,54). The minimum Gasteiger partial charge on any atom is -0.505 e. The summed E-state index contributed by atoms with van der Waals surface area (Å²) in [5.74, 6) is -0.806. The van der Waals surface area contributed by atoms with E-state index in [2.05, 4.69) is 72.6 Å². The van der Waals surface area contributed by atoms with Gasteiger partial charge in [-0.1, -0.05) is 65.8 Å². The van der Waals surface area contributed by atoms with Crippen LogP contribution in [0.4, 0.5) is 0 Å². The quantitative estimate of drug-likeness (QED) is 0.130. The Morgan fingerprint density at radius 1 is 0.537 bits per heavy atom. The molecule has 2 amide bonds. The molecule has 0 aliphatic rings. The molecule has 5 aromatic carbocycles. The van der Waals surface area contributed by atoms with Crippen molar-refractivity contribution in [2.24, 2.45) is 0 Å². The topological polar surface area (TPSA) is 160 Å². The maximum atomic E-state index is 13.3. The lowest BCUT2D eigenvalue weighted by Gasteiger charge is -2.22. The lowest BCUT2D eigenvalue weighted by atomic mass is 9.85. The summed E-state index contributed by atoms with van der Waals surface area (Å²) in [7, 11) is 0. The minimum absolute atomic E-state index is 0.0314. The lowest BCUT2D eigenvalue weighted by molar-refractivity contribution is 0.0939. The Balaban J connectivity index is 1.05. The second kappa shape index (κ2) is 13.8. The van der Waals surface area contributed by atoms with E-state index >= 15 is 0 Å². The highest BCUT2D eigenvalue weighted by molar-refractivity contribution is 5.97. The first kappa shape index (κ1) is 35.8. The van der Waals surface area contributed by atoms with Crippen LogP contribution < -0.4 is 10.6 Å². The van der Waals surface area contributed by atoms with Crippen molar-refractivity contribution in [3.05, 3.63) is 130 Å². The van der Waals surface area contributed by atoms with E-state index in [0.29, 0.717) is 55.7 Å². The molecule has 0 spiro atoms. The van der Waals surface area contributed by atoms with Crippen molar-refractivity contribution in [3.8, 4) is 22.9 Å². The second-order valence-corrected chi connectivity index (χ2v) is 15.4. The number of carbonyl (C=O) groups is 2. The Bertz CT molecular complexity index is 2300. The van der Waals surface area contributed by atoms with Gasteiger partial charge in [-0.3, -0.25) is 9.59 Å². The number of carbonyl (C=O) groups excluding carboxylic acids is 2. The predicted molar refractivity (Wildman–Crippen MR) is 207 cm³/mol. The van der Waals surface area contributed by atoms with Crippen LogP contribution in [0.3, 0.4) is 0 Å². The largest absolute Gasteiger partial charge is 0.505 e. The summed E-state index contributed by atoms with van der Waals surface area (Å²) in [5.41, 5.74) is 6.72. The van der Waals surface area contributed by atoms with Gasteiger partial charge in [-0.05, 0) is 94.8 Å². The number of benzene rings is 5. The predicted octanol–water partition coefficient (Wildman–Crippen LogP) is 7.02. The van der Waals surface area contributed by atoms with E-state index in [0.717, 1.165) is 11.1 Å². The van der Waals surface area contributed by atoms with Crippen LogP contribution in [0.25, 0.3) is 33.4 Å². The van der Waals surface area contributed by atoms with Gasteiger partial charge in [0.15, 0.2) is 0 Å². The van der Waals surface area contributed by atoms with Crippen molar-refractivity contribution >= 4 is 33.9 Å². The van der Waals surface area contributed by atoms with Crippen LogP contribution >= 0.6 is 0 Å². The summed E-state index contributed by atoms with van der Waals surface area (Å²) in [4.78, 5) is 29.4. The molecule has 0 unspecified atom stereocenters. The third-order valence-corrected chi connectivity index (χ3v) is 9.36. The third-order valence-electron chi connectivity index (χ3n) is 9.36. The van der Waals surface area contributed by atoms with Gasteiger partial charge in [0.25, 0.3) is 11.8 Å². The molecule has 2 heterocycles. The summed E-state index contributed by atoms with van der Waals surface area (Å²) in [6.07, 6.45) is 0. The molecule has 4 N–H and O–H groups in total. The molecule has 7 rings (SSSR count). The van der Waals surface area contributed by atoms with Gasteiger partial charge in [0.05, 0.1) is 0 Å². The van der Waals surface area contributed by atoms with Crippen LogP contribution in [0.15, 0.2) is 97.1 Å². The van der Waals surface area contributed by atoms with Crippen LogP contribution in [0.5, 0.6) is 11.5 Å². The number of phenolic OH excluding ortho intramolecular Hbond substituents is 2. The fourth-order valence-electron chi connectivity index (χ4n) is 6.06. The van der Waals surface area contributed by atoms with Gasteiger partial charge in [0.2, 0.25) is 0 Å². The second-order valence-electron chi connectivity index (χ2n) is 15.4. The number of nitrogens with one attached hydrogen (secondary N) is 2. The maximum Gasteiger partial charge on any atom is 0.251 e. The molecule has 0 aliphatic heterocycles. The van der Waals surface area contributed by atoms with E-state index in [1.807, 2.05) is 72.8 Å². The van der Waals surface area contributed by atoms with Gasteiger partial charge >= 0.3 is 0 Å². The average Bonchev–Trinajstić information content (AvgIpc) is 3.77. The van der Waals surface area contributed by atoms with Crippen molar-refractivity contribution in [2.45, 2.75) is 65.5 Å². The highest BCUT2D eigenvalue weighted by Crippen LogP contribution is 2.35. The first-order valence-electron chi connectivity index (χ1n) is 17.7. The molecular formula is C42H42N8O4. The summed E-state index contributed by atoms with van der Waals surface area (Å²) < 4.78 is 0. The van der Waals surface area contributed by atoms with Gasteiger partial charge in [-0.2, -0.15) is 0 Å². The fraction of sp³-hybridized carbons (Fsp3) is 0.238. The zero-order valence-corrected chi connectivity index (χ0v) is 31.0. The Kier molecular flexibility index (Phi) is 9.14. The number of hydrogen-bond acceptors (Lipinski definition) is 8. The van der Waals surface area contributed by atoms with Crippen molar-refractivity contribution in [3.63, 3.8) is 0 Å². The molecule has 0 atom stereocenters. The highest BCUT2D eigenvalue weighted by atomic mass is 16.3. The number of fused-ring (bicyclic) bond motifs is 2. The summed E-state index contributed by atoms with van der Waals surface area (Å²) in [6.45, 7) is 12.5. The van der Waals surface area contributed by atoms with Gasteiger partial charge in [0, 0.05) is 35.3 Å². The van der Waals surface area contributed by atoms with E-state index < -0.39 is 0 Å². The number of rotatable bonds is 8. The third kappa shape index (κ3) is 7.23. The minimum atomic E-state index is -0.372. The van der Waals surface area contributed by atoms with E-state index in [1.54, 1.807) is 24.3 Å². The molecule has 2 aromatic heterocycles. The summed E-state index contributed by atoms with van der Waals surface area (Å²) >= 11 is 0. The Labute approximate surface area is 312 Å². The zero-order valence-electron chi connectivity index (χ0n) is 31.0. The van der Waals surface area contributed by atoms with Crippen molar-refractivity contribution in [1.82, 2.24) is 40.6 Å². The number of aromatic hydroxyl groups is 2. The summed E-state index contributed by atoms with van der Waals surface area (Å²) in [6, 6.07) is 28.7. The number of nitrogens with zero attached hydrogens (tertiary/aromatic N) is 6. The van der Waals surface area contributed by atoms with E-state index in [1.165, 1.54) is 9.59 Å². The van der Waals surface area contributed by atoms with E-state index in [9.17, 15) is 19.8 Å². The molecule has 12 nitrogen and oxygen atoms in total. The molecule has 54 heavy (non-hydrogen) atoms. The Hall–Kier alpha value is -6.56. The summed E-state index contributed by atoms with van der Waals surface area (Å²) in [5, 5.41) is 46.7. The molecule has 0 aliphatic carbocycles. The first-order chi connectivity index (χ1) is 25.7. The fourth-order valence-corrected chi connectivity index (χ4v) is 6.06. The zero-order chi connectivity index (χ0) is 38.4. The number of phenols is 2. The molecular weight excluding hydrogens is 681 g/mol. The van der Waals surface area contributed by atoms with Gasteiger partial charge in [-0.25, -0.2) is 0 Å². The van der Waals surface area contributed by atoms with Crippen molar-refractivity contribution in [1.29, 1.82) is 0 Å². The Morgan fingerprint density at radius 3 is 1.15 bits per heavy atom. The highest BCUT2D eigenvalue weighted by Gasteiger charge is 2.23. The number of hydrogen-bond donors (Lipinski definition) is 4.